The van der Waals surface area contributed by atoms with Crippen LogP contribution in [0.1, 0.15) is 0 Å². The van der Waals surface area contributed by atoms with E-state index in [1.54, 1.807) is 31.0 Å². The second-order valence-electron chi connectivity index (χ2n) is 9.88. The quantitative estimate of drug-likeness (QED) is 0.0548. The molecule has 5 aromatic heterocycles. The molecule has 0 N–H and O–H groups in total. The molecule has 0 aliphatic heterocycles. The van der Waals surface area contributed by atoms with Crippen LogP contribution in [-0.4, -0.2) is 24.9 Å². The fraction of sp³-hybridized carbons (Fsp3) is 0. The van der Waals surface area contributed by atoms with E-state index < -0.39 is 7.81 Å². The summed E-state index contributed by atoms with van der Waals surface area (Å²) in [5.74, 6) is 0. The Balaban J connectivity index is 0.000000148. The number of hydrogen-bond donors (Lipinski definition) is 0. The first-order chi connectivity index (χ1) is 22.3. The molecule has 5 nitrogen and oxygen atoms in total. The van der Waals surface area contributed by atoms with Crippen molar-refractivity contribution in [3.63, 3.8) is 0 Å². The van der Waals surface area contributed by atoms with Gasteiger partial charge in [0.2, 0.25) is 0 Å². The SMILES string of the molecule is F[P-](F)(F)(F)(F)F.[Ru+3].[c-]1ccccc1-c1ccccn1.c1cnc2c(c1)ccc1cccnc12.c1cnc2c(c1)ccc1cccnc12. The van der Waals surface area contributed by atoms with Crippen molar-refractivity contribution in [2.24, 2.45) is 0 Å². The van der Waals surface area contributed by atoms with Gasteiger partial charge in [0.1, 0.15) is 0 Å². The topological polar surface area (TPSA) is 64.5 Å². The molecular weight excluding hydrogens is 736 g/mol. The molecule has 0 bridgehead atoms. The maximum Gasteiger partial charge on any atom is 3.00 e. The molecule has 0 atom stereocenters. The maximum absolute atomic E-state index is 10.7. The molecule has 8 aromatic rings. The summed E-state index contributed by atoms with van der Waals surface area (Å²) in [6.45, 7) is 0. The number of benzene rings is 3. The third-order valence-electron chi connectivity index (χ3n) is 6.34. The summed E-state index contributed by atoms with van der Waals surface area (Å²) in [5.41, 5.74) is 5.92. The first-order valence-corrected chi connectivity index (χ1v) is 16.0. The van der Waals surface area contributed by atoms with E-state index in [1.165, 1.54) is 0 Å². The van der Waals surface area contributed by atoms with Gasteiger partial charge in [-0.25, -0.2) is 0 Å². The number of fused-ring (bicyclic) bond motifs is 6. The van der Waals surface area contributed by atoms with E-state index in [0.717, 1.165) is 54.9 Å². The smallest absolute Gasteiger partial charge is 0.305 e. The third-order valence-corrected chi connectivity index (χ3v) is 6.34. The van der Waals surface area contributed by atoms with Crippen LogP contribution in [0, 0.1) is 6.07 Å². The van der Waals surface area contributed by atoms with Gasteiger partial charge in [0.15, 0.2) is 0 Å². The van der Waals surface area contributed by atoms with Crippen molar-refractivity contribution in [1.29, 1.82) is 0 Å². The Labute approximate surface area is 283 Å². The molecular formula is C35H24F6N5PRu+. The molecule has 8 rings (SSSR count). The average molecular weight is 761 g/mol. The second-order valence-corrected chi connectivity index (χ2v) is 11.8. The summed E-state index contributed by atoms with van der Waals surface area (Å²) >= 11 is 0. The van der Waals surface area contributed by atoms with Crippen molar-refractivity contribution in [1.82, 2.24) is 24.9 Å². The fourth-order valence-corrected chi connectivity index (χ4v) is 4.43. The molecule has 0 spiro atoms. The van der Waals surface area contributed by atoms with Crippen LogP contribution in [0.3, 0.4) is 0 Å². The number of halogens is 6. The third kappa shape index (κ3) is 11.1. The Hall–Kier alpha value is -4.92. The molecule has 0 aliphatic rings. The van der Waals surface area contributed by atoms with Gasteiger partial charge in [0, 0.05) is 52.5 Å². The number of aromatic nitrogens is 5. The first kappa shape index (κ1) is 35.9. The van der Waals surface area contributed by atoms with Gasteiger partial charge in [-0.15, -0.1) is 35.9 Å². The summed E-state index contributed by atoms with van der Waals surface area (Å²) < 4.78 is 59.2. The van der Waals surface area contributed by atoms with Crippen LogP contribution in [-0.2, 0) is 19.5 Å². The Morgan fingerprint density at radius 2 is 0.750 bits per heavy atom. The van der Waals surface area contributed by atoms with Gasteiger partial charge < -0.3 is 4.98 Å². The van der Waals surface area contributed by atoms with Crippen LogP contribution in [0.5, 0.6) is 0 Å². The second kappa shape index (κ2) is 14.5. The van der Waals surface area contributed by atoms with Crippen LogP contribution >= 0.6 is 7.81 Å². The maximum atomic E-state index is 9.87. The summed E-state index contributed by atoms with van der Waals surface area (Å²) in [6, 6.07) is 41.1. The van der Waals surface area contributed by atoms with Gasteiger partial charge in [0.25, 0.3) is 0 Å². The van der Waals surface area contributed by atoms with Gasteiger partial charge in [-0.05, 0) is 36.0 Å². The van der Waals surface area contributed by atoms with Crippen molar-refractivity contribution in [2.75, 3.05) is 0 Å². The number of nitrogens with zero attached hydrogens (tertiary/aromatic N) is 5. The molecule has 0 aliphatic carbocycles. The van der Waals surface area contributed by atoms with Gasteiger partial charge in [-0.1, -0.05) is 60.7 Å². The molecule has 1 radical (unpaired) electrons. The van der Waals surface area contributed by atoms with Gasteiger partial charge in [0.05, 0.1) is 22.1 Å². The van der Waals surface area contributed by atoms with Crippen molar-refractivity contribution < 1.29 is 44.7 Å². The van der Waals surface area contributed by atoms with Gasteiger partial charge in [-0.3, -0.25) is 19.9 Å². The fourth-order valence-electron chi connectivity index (χ4n) is 4.43. The van der Waals surface area contributed by atoms with Crippen LogP contribution in [0.25, 0.3) is 54.9 Å². The zero-order valence-electron chi connectivity index (χ0n) is 24.7. The van der Waals surface area contributed by atoms with E-state index in [2.05, 4.69) is 79.5 Å². The van der Waals surface area contributed by atoms with E-state index in [1.807, 2.05) is 66.7 Å². The number of rotatable bonds is 1. The van der Waals surface area contributed by atoms with Crippen LogP contribution in [0.15, 0.2) is 146 Å². The zero-order chi connectivity index (χ0) is 33.4. The van der Waals surface area contributed by atoms with Crippen LogP contribution in [0.2, 0.25) is 0 Å². The standard InChI is InChI=1S/2C12H8N2.C11H8N.F6P.Ru/c2*1-3-9-5-6-10-4-2-8-14-12(10)11(9)13-7-1;1-2-6-10(7-3-1)11-8-4-5-9-12-11;1-7(2,3,4,5)6;/h2*1-8H;1-6,8-9H;;/q;;2*-1;+3. The minimum Gasteiger partial charge on any atom is -0.305 e. The number of pyridine rings is 5. The minimum absolute atomic E-state index is 0. The molecule has 5 heterocycles. The molecule has 0 fully saturated rings. The predicted octanol–water partition coefficient (Wildman–Crippen LogP) is 11.5. The first-order valence-electron chi connectivity index (χ1n) is 13.9. The van der Waals surface area contributed by atoms with Crippen molar-refractivity contribution >= 4 is 51.4 Å². The van der Waals surface area contributed by atoms with Crippen molar-refractivity contribution in [2.45, 2.75) is 0 Å². The number of hydrogen-bond acceptors (Lipinski definition) is 5. The van der Waals surface area contributed by atoms with E-state index >= 15 is 0 Å². The van der Waals surface area contributed by atoms with E-state index in [-0.39, 0.29) is 19.5 Å². The molecule has 0 saturated heterocycles. The molecule has 0 amide bonds. The van der Waals surface area contributed by atoms with Gasteiger partial charge in [-0.2, -0.15) is 0 Å². The van der Waals surface area contributed by atoms with E-state index in [0.29, 0.717) is 0 Å². The normalized spacial score (nSPS) is 12.1. The monoisotopic (exact) mass is 761 g/mol. The van der Waals surface area contributed by atoms with Gasteiger partial charge >= 0.3 is 52.5 Å². The van der Waals surface area contributed by atoms with E-state index in [4.69, 9.17) is 0 Å². The van der Waals surface area contributed by atoms with Crippen LogP contribution < -0.4 is 0 Å². The molecule has 3 aromatic carbocycles. The Morgan fingerprint density at radius 1 is 0.396 bits per heavy atom. The van der Waals surface area contributed by atoms with Crippen molar-refractivity contribution in [3.05, 3.63) is 152 Å². The zero-order valence-corrected chi connectivity index (χ0v) is 27.3. The Bertz CT molecular complexity index is 1990. The Kier molecular flexibility index (Phi) is 10.8. The molecule has 0 unspecified atom stereocenters. The average Bonchev–Trinajstić information content (AvgIpc) is 3.08. The molecule has 0 saturated carbocycles. The summed E-state index contributed by atoms with van der Waals surface area (Å²) in [4.78, 5) is 21.6. The molecule has 48 heavy (non-hydrogen) atoms. The predicted molar refractivity (Wildman–Crippen MR) is 176 cm³/mol. The minimum atomic E-state index is -10.7. The van der Waals surface area contributed by atoms with Crippen molar-refractivity contribution in [3.8, 4) is 11.3 Å². The largest absolute Gasteiger partial charge is 3.00 e. The summed E-state index contributed by atoms with van der Waals surface area (Å²) in [6.07, 6.45) is 9.00. The summed E-state index contributed by atoms with van der Waals surface area (Å²) in [7, 11) is -10.7. The summed E-state index contributed by atoms with van der Waals surface area (Å²) in [5, 5.41) is 4.55. The molecule has 243 valence electrons. The van der Waals surface area contributed by atoms with Crippen LogP contribution in [0.4, 0.5) is 25.2 Å². The van der Waals surface area contributed by atoms with E-state index in [9.17, 15) is 25.2 Å². The Morgan fingerprint density at radius 3 is 1.06 bits per heavy atom. The molecule has 13 heteroatoms.